The second-order valence-electron chi connectivity index (χ2n) is 10.5. The van der Waals surface area contributed by atoms with Gasteiger partial charge in [-0.05, 0) is 66.6 Å². The third-order valence-corrected chi connectivity index (χ3v) is 9.75. The first-order chi connectivity index (χ1) is 18.9. The van der Waals surface area contributed by atoms with Crippen molar-refractivity contribution >= 4 is 39.7 Å². The minimum atomic E-state index is -0.935. The van der Waals surface area contributed by atoms with Crippen molar-refractivity contribution in [3.8, 4) is 17.6 Å². The SMILES string of the molecule is COc1ccc([C@@H]2C=C3c4ccc(C)cc4OC(=O)[C@@H]3[C@H]3C(=O)N(c4sc5c(c4C#N)CCC5)C(=O)[C@@H]32)cc1. The first-order valence-electron chi connectivity index (χ1n) is 13.0. The Labute approximate surface area is 229 Å². The number of fused-ring (bicyclic) bond motifs is 6. The number of carbonyl (C=O) groups excluding carboxylic acids is 3. The molecule has 0 saturated carbocycles. The maximum Gasteiger partial charge on any atom is 0.319 e. The summed E-state index contributed by atoms with van der Waals surface area (Å²) in [5, 5.41) is 10.4. The summed E-state index contributed by atoms with van der Waals surface area (Å²) in [4.78, 5) is 44.2. The molecule has 0 unspecified atom stereocenters. The molecule has 3 heterocycles. The summed E-state index contributed by atoms with van der Waals surface area (Å²) in [6.07, 6.45) is 4.53. The van der Waals surface area contributed by atoms with Crippen LogP contribution in [0.2, 0.25) is 0 Å². The number of rotatable bonds is 3. The summed E-state index contributed by atoms with van der Waals surface area (Å²) >= 11 is 1.36. The Kier molecular flexibility index (Phi) is 5.29. The van der Waals surface area contributed by atoms with Gasteiger partial charge in [0.05, 0.1) is 30.4 Å². The number of carbonyl (C=O) groups is 3. The monoisotopic (exact) mass is 536 g/mol. The van der Waals surface area contributed by atoms with Gasteiger partial charge in [0.2, 0.25) is 11.8 Å². The van der Waals surface area contributed by atoms with Crippen molar-refractivity contribution in [2.45, 2.75) is 32.1 Å². The molecule has 39 heavy (non-hydrogen) atoms. The molecule has 4 aliphatic rings. The highest BCUT2D eigenvalue weighted by Gasteiger charge is 2.61. The number of thiophene rings is 1. The van der Waals surface area contributed by atoms with Crippen LogP contribution in [0.3, 0.4) is 0 Å². The number of nitrogens with zero attached hydrogens (tertiary/aromatic N) is 2. The van der Waals surface area contributed by atoms with Crippen LogP contribution in [0.15, 0.2) is 48.5 Å². The van der Waals surface area contributed by atoms with E-state index in [1.165, 1.54) is 16.2 Å². The van der Waals surface area contributed by atoms with Crippen LogP contribution in [0.25, 0.3) is 5.57 Å². The molecule has 2 aromatic carbocycles. The number of anilines is 1. The molecule has 1 fully saturated rings. The molecule has 7 rings (SSSR count). The highest BCUT2D eigenvalue weighted by Crippen LogP contribution is 2.56. The van der Waals surface area contributed by atoms with Gasteiger partial charge in [-0.3, -0.25) is 14.4 Å². The molecule has 194 valence electrons. The van der Waals surface area contributed by atoms with Gasteiger partial charge in [0, 0.05) is 16.4 Å². The van der Waals surface area contributed by atoms with Gasteiger partial charge in [-0.1, -0.05) is 30.3 Å². The number of aryl methyl sites for hydroxylation is 2. The number of ether oxygens (including phenoxy) is 2. The average Bonchev–Trinajstić information content (AvgIpc) is 3.59. The number of hydrogen-bond acceptors (Lipinski definition) is 7. The fourth-order valence-corrected chi connectivity index (χ4v) is 8.03. The fourth-order valence-electron chi connectivity index (χ4n) is 6.68. The molecule has 1 saturated heterocycles. The summed E-state index contributed by atoms with van der Waals surface area (Å²) in [5.74, 6) is -3.30. The van der Waals surface area contributed by atoms with E-state index in [1.807, 2.05) is 55.5 Å². The third-order valence-electron chi connectivity index (χ3n) is 8.47. The van der Waals surface area contributed by atoms with E-state index in [1.54, 1.807) is 7.11 Å². The van der Waals surface area contributed by atoms with Crippen LogP contribution in [-0.4, -0.2) is 24.9 Å². The van der Waals surface area contributed by atoms with E-state index in [2.05, 4.69) is 6.07 Å². The zero-order valence-electron chi connectivity index (χ0n) is 21.4. The quantitative estimate of drug-likeness (QED) is 0.267. The summed E-state index contributed by atoms with van der Waals surface area (Å²) < 4.78 is 11.1. The second-order valence-corrected chi connectivity index (χ2v) is 11.6. The van der Waals surface area contributed by atoms with Crippen molar-refractivity contribution in [2.24, 2.45) is 17.8 Å². The van der Waals surface area contributed by atoms with Gasteiger partial charge in [0.15, 0.2) is 0 Å². The number of allylic oxidation sites excluding steroid dienone is 1. The van der Waals surface area contributed by atoms with E-state index < -0.39 is 35.5 Å². The first kappa shape index (κ1) is 23.9. The lowest BCUT2D eigenvalue weighted by Gasteiger charge is -2.38. The van der Waals surface area contributed by atoms with Crippen LogP contribution >= 0.6 is 11.3 Å². The molecule has 0 spiro atoms. The molecule has 7 nitrogen and oxygen atoms in total. The highest BCUT2D eigenvalue weighted by atomic mass is 32.1. The molecule has 0 N–H and O–H groups in total. The predicted molar refractivity (Wildman–Crippen MR) is 145 cm³/mol. The van der Waals surface area contributed by atoms with E-state index in [4.69, 9.17) is 9.47 Å². The molecule has 0 radical (unpaired) electrons. The number of imide groups is 1. The van der Waals surface area contributed by atoms with Crippen molar-refractivity contribution in [3.63, 3.8) is 0 Å². The van der Waals surface area contributed by atoms with Crippen molar-refractivity contribution < 1.29 is 23.9 Å². The normalized spacial score (nSPS) is 24.8. The maximum absolute atomic E-state index is 14.2. The fraction of sp³-hybridized carbons (Fsp3) is 0.290. The lowest BCUT2D eigenvalue weighted by Crippen LogP contribution is -2.42. The summed E-state index contributed by atoms with van der Waals surface area (Å²) in [6.45, 7) is 1.92. The lowest BCUT2D eigenvalue weighted by atomic mass is 9.64. The topological polar surface area (TPSA) is 96.7 Å². The van der Waals surface area contributed by atoms with E-state index in [0.29, 0.717) is 27.6 Å². The molecular weight excluding hydrogens is 512 g/mol. The Balaban J connectivity index is 1.41. The zero-order valence-corrected chi connectivity index (χ0v) is 22.2. The number of nitriles is 1. The molecule has 2 aliphatic carbocycles. The number of hydrogen-bond donors (Lipinski definition) is 0. The Bertz CT molecular complexity index is 1660. The van der Waals surface area contributed by atoms with Crippen LogP contribution in [0, 0.1) is 36.0 Å². The van der Waals surface area contributed by atoms with Crippen molar-refractivity contribution in [1.82, 2.24) is 0 Å². The molecule has 2 aliphatic heterocycles. The molecule has 8 heteroatoms. The Hall–Kier alpha value is -4.22. The third kappa shape index (κ3) is 3.36. The molecule has 3 aromatic rings. The van der Waals surface area contributed by atoms with Crippen LogP contribution in [0.1, 0.15) is 45.0 Å². The average molecular weight is 537 g/mol. The van der Waals surface area contributed by atoms with E-state index in [-0.39, 0.29) is 5.91 Å². The molecule has 2 amide bonds. The van der Waals surface area contributed by atoms with E-state index in [9.17, 15) is 19.6 Å². The highest BCUT2D eigenvalue weighted by molar-refractivity contribution is 7.17. The summed E-state index contributed by atoms with van der Waals surface area (Å²) in [6, 6.07) is 15.4. The van der Waals surface area contributed by atoms with Crippen LogP contribution in [0.4, 0.5) is 5.00 Å². The largest absolute Gasteiger partial charge is 0.497 e. The zero-order chi connectivity index (χ0) is 27.0. The van der Waals surface area contributed by atoms with Gasteiger partial charge in [0.25, 0.3) is 0 Å². The van der Waals surface area contributed by atoms with Gasteiger partial charge in [-0.2, -0.15) is 5.26 Å². The second kappa shape index (κ2) is 8.65. The van der Waals surface area contributed by atoms with Crippen molar-refractivity contribution in [1.29, 1.82) is 5.26 Å². The smallest absolute Gasteiger partial charge is 0.319 e. The van der Waals surface area contributed by atoms with Gasteiger partial charge < -0.3 is 9.47 Å². The number of methoxy groups -OCH3 is 1. The van der Waals surface area contributed by atoms with Crippen LogP contribution < -0.4 is 14.4 Å². The molecule has 1 aromatic heterocycles. The molecule has 4 atom stereocenters. The number of benzene rings is 2. The Morgan fingerprint density at radius 3 is 2.56 bits per heavy atom. The van der Waals surface area contributed by atoms with Crippen LogP contribution in [-0.2, 0) is 27.2 Å². The van der Waals surface area contributed by atoms with Crippen molar-refractivity contribution in [2.75, 3.05) is 12.0 Å². The van der Waals surface area contributed by atoms with Gasteiger partial charge in [-0.25, -0.2) is 4.90 Å². The Morgan fingerprint density at radius 2 is 1.82 bits per heavy atom. The Morgan fingerprint density at radius 1 is 1.05 bits per heavy atom. The first-order valence-corrected chi connectivity index (χ1v) is 13.8. The van der Waals surface area contributed by atoms with Gasteiger partial charge in [-0.15, -0.1) is 11.3 Å². The van der Waals surface area contributed by atoms with Crippen LogP contribution in [0.5, 0.6) is 11.5 Å². The van der Waals surface area contributed by atoms with Gasteiger partial charge in [0.1, 0.15) is 22.6 Å². The van der Waals surface area contributed by atoms with Gasteiger partial charge >= 0.3 is 5.97 Å². The van der Waals surface area contributed by atoms with E-state index in [0.717, 1.165) is 46.4 Å². The lowest BCUT2D eigenvalue weighted by molar-refractivity contribution is -0.142. The van der Waals surface area contributed by atoms with E-state index >= 15 is 0 Å². The van der Waals surface area contributed by atoms with Crippen molar-refractivity contribution in [3.05, 3.63) is 81.2 Å². The summed E-state index contributed by atoms with van der Waals surface area (Å²) in [5.41, 5.74) is 4.62. The minimum Gasteiger partial charge on any atom is -0.497 e. The molecule has 0 bridgehead atoms. The standard InChI is InChI=1S/C31H24N2O5S/c1-15-6-11-18-21-13-20(16-7-9-17(37-2)10-8-16)25-27(26(21)31(36)38-23(18)12-15)29(35)33(28(25)34)30-22(14-32)19-4-3-5-24(19)39-30/h6-13,20,25-27H,3-5H2,1-2H3/t20-,25+,26-,27-/m0/s1. The summed E-state index contributed by atoms with van der Waals surface area (Å²) in [7, 11) is 1.59. The number of amides is 2. The number of esters is 1. The minimum absolute atomic E-state index is 0.375. The molecular formula is C31H24N2O5S. The maximum atomic E-state index is 14.2. The predicted octanol–water partition coefficient (Wildman–Crippen LogP) is 4.95.